The second-order valence-electron chi connectivity index (χ2n) is 5.10. The number of hydrogen-bond donors (Lipinski definition) is 0. The van der Waals surface area contributed by atoms with E-state index in [1.165, 1.54) is 32.4 Å². The van der Waals surface area contributed by atoms with Crippen LogP contribution < -0.4 is 9.47 Å². The molecule has 25 heavy (non-hydrogen) atoms. The van der Waals surface area contributed by atoms with Crippen molar-refractivity contribution in [3.05, 3.63) is 46.0 Å². The fourth-order valence-electron chi connectivity index (χ4n) is 2.40. The Morgan fingerprint density at radius 1 is 0.960 bits per heavy atom. The van der Waals surface area contributed by atoms with Gasteiger partial charge in [-0.25, -0.2) is 0 Å². The van der Waals surface area contributed by atoms with Crippen molar-refractivity contribution in [3.63, 3.8) is 0 Å². The van der Waals surface area contributed by atoms with Gasteiger partial charge >= 0.3 is 0 Å². The zero-order valence-electron chi connectivity index (χ0n) is 14.1. The third-order valence-electron chi connectivity index (χ3n) is 3.61. The van der Waals surface area contributed by atoms with Crippen LogP contribution in [0.4, 0.5) is 5.69 Å². The highest BCUT2D eigenvalue weighted by molar-refractivity contribution is 7.86. The predicted molar refractivity (Wildman–Crippen MR) is 90.6 cm³/mol. The van der Waals surface area contributed by atoms with Gasteiger partial charge in [0.25, 0.3) is 15.8 Å². The molecule has 0 saturated carbocycles. The first-order valence-corrected chi connectivity index (χ1v) is 8.48. The predicted octanol–water partition coefficient (Wildman–Crippen LogP) is 2.92. The molecule has 0 amide bonds. The van der Waals surface area contributed by atoms with Crippen molar-refractivity contribution in [2.45, 2.75) is 11.8 Å². The van der Waals surface area contributed by atoms with E-state index in [1.807, 2.05) is 0 Å². The summed E-state index contributed by atoms with van der Waals surface area (Å²) in [5.41, 5.74) is 0.654. The monoisotopic (exact) mass is 367 g/mol. The maximum absolute atomic E-state index is 12.2. The van der Waals surface area contributed by atoms with Gasteiger partial charge in [0.1, 0.15) is 4.90 Å². The van der Waals surface area contributed by atoms with E-state index < -0.39 is 15.0 Å². The quantitative estimate of drug-likeness (QED) is 0.439. The van der Waals surface area contributed by atoms with Gasteiger partial charge in [-0.2, -0.15) is 8.42 Å². The van der Waals surface area contributed by atoms with Gasteiger partial charge in [0, 0.05) is 5.56 Å². The Labute approximate surface area is 145 Å². The first-order chi connectivity index (χ1) is 11.7. The molecular formula is C16H17NO7S. The number of hydrogen-bond acceptors (Lipinski definition) is 7. The first kappa shape index (κ1) is 18.7. The number of benzene rings is 2. The van der Waals surface area contributed by atoms with Crippen molar-refractivity contribution in [1.29, 1.82) is 0 Å². The summed E-state index contributed by atoms with van der Waals surface area (Å²) in [6.07, 6.45) is 0. The molecule has 9 heteroatoms. The molecule has 134 valence electrons. The van der Waals surface area contributed by atoms with Crippen LogP contribution in [0.5, 0.6) is 11.5 Å². The van der Waals surface area contributed by atoms with E-state index in [-0.39, 0.29) is 33.2 Å². The molecule has 2 aromatic carbocycles. The molecule has 0 aliphatic rings. The minimum atomic E-state index is -4.07. The van der Waals surface area contributed by atoms with Gasteiger partial charge in [-0.1, -0.05) is 11.6 Å². The van der Waals surface area contributed by atoms with Gasteiger partial charge in [0.2, 0.25) is 0 Å². The molecule has 0 unspecified atom stereocenters. The maximum atomic E-state index is 12.2. The number of aryl methyl sites for hydroxylation is 1. The maximum Gasteiger partial charge on any atom is 0.297 e. The third kappa shape index (κ3) is 3.57. The summed E-state index contributed by atoms with van der Waals surface area (Å²) >= 11 is 0. The Bertz CT molecular complexity index is 922. The van der Waals surface area contributed by atoms with Crippen LogP contribution in [0.2, 0.25) is 0 Å². The normalized spacial score (nSPS) is 11.2. The van der Waals surface area contributed by atoms with Gasteiger partial charge in [-0.3, -0.25) is 14.3 Å². The number of nitro groups is 1. The van der Waals surface area contributed by atoms with E-state index >= 15 is 0 Å². The minimum absolute atomic E-state index is 0.0852. The van der Waals surface area contributed by atoms with E-state index in [0.29, 0.717) is 0 Å². The van der Waals surface area contributed by atoms with E-state index in [1.54, 1.807) is 19.1 Å². The molecule has 2 rings (SSSR count). The summed E-state index contributed by atoms with van der Waals surface area (Å²) in [6, 6.07) is 7.05. The molecule has 8 nitrogen and oxygen atoms in total. The van der Waals surface area contributed by atoms with Crippen molar-refractivity contribution < 1.29 is 27.0 Å². The van der Waals surface area contributed by atoms with Crippen molar-refractivity contribution >= 4 is 15.8 Å². The molecule has 0 spiro atoms. The van der Waals surface area contributed by atoms with Crippen molar-refractivity contribution in [1.82, 2.24) is 0 Å². The fourth-order valence-corrected chi connectivity index (χ4v) is 3.25. The second kappa shape index (κ2) is 7.08. The van der Waals surface area contributed by atoms with Crippen LogP contribution in [-0.4, -0.2) is 34.7 Å². The molecule has 0 fully saturated rings. The highest BCUT2D eigenvalue weighted by Gasteiger charge is 2.26. The molecule has 2 aromatic rings. The zero-order chi connectivity index (χ0) is 18.8. The number of nitro benzene ring substituents is 1. The average Bonchev–Trinajstić information content (AvgIpc) is 2.59. The summed E-state index contributed by atoms with van der Waals surface area (Å²) in [4.78, 5) is 10.7. The lowest BCUT2D eigenvalue weighted by Gasteiger charge is -2.14. The molecule has 0 radical (unpaired) electrons. The number of nitrogens with zero attached hydrogens (tertiary/aromatic N) is 1. The Balaban J connectivity index is 2.91. The van der Waals surface area contributed by atoms with E-state index in [4.69, 9.17) is 9.47 Å². The van der Waals surface area contributed by atoms with Crippen LogP contribution in [0.25, 0.3) is 11.1 Å². The molecule has 0 bridgehead atoms. The fraction of sp³-hybridized carbons (Fsp3) is 0.250. The van der Waals surface area contributed by atoms with Crippen LogP contribution in [0, 0.1) is 17.0 Å². The lowest BCUT2D eigenvalue weighted by Crippen LogP contribution is -2.06. The van der Waals surface area contributed by atoms with Gasteiger partial charge in [-0.05, 0) is 25.1 Å². The van der Waals surface area contributed by atoms with E-state index in [2.05, 4.69) is 4.18 Å². The summed E-state index contributed by atoms with van der Waals surface area (Å²) in [5.74, 6) is 0.409. The number of rotatable bonds is 6. The van der Waals surface area contributed by atoms with Crippen molar-refractivity contribution in [3.8, 4) is 22.6 Å². The van der Waals surface area contributed by atoms with Crippen molar-refractivity contribution in [2.24, 2.45) is 0 Å². The van der Waals surface area contributed by atoms with Crippen molar-refractivity contribution in [2.75, 3.05) is 21.3 Å². The Kier molecular flexibility index (Phi) is 5.29. The van der Waals surface area contributed by atoms with Crippen LogP contribution in [0.15, 0.2) is 35.2 Å². The van der Waals surface area contributed by atoms with Gasteiger partial charge < -0.3 is 9.47 Å². The van der Waals surface area contributed by atoms with E-state index in [9.17, 15) is 18.5 Å². The summed E-state index contributed by atoms with van der Waals surface area (Å²) in [7, 11) is -0.295. The molecule has 0 aliphatic heterocycles. The minimum Gasteiger partial charge on any atom is -0.493 e. The topological polar surface area (TPSA) is 105 Å². The number of methoxy groups -OCH3 is 2. The Morgan fingerprint density at radius 3 is 2.08 bits per heavy atom. The van der Waals surface area contributed by atoms with E-state index in [0.717, 1.165) is 12.7 Å². The number of ether oxygens (including phenoxy) is 2. The molecule has 0 heterocycles. The van der Waals surface area contributed by atoms with Gasteiger partial charge in [0.15, 0.2) is 11.5 Å². The summed E-state index contributed by atoms with van der Waals surface area (Å²) in [5, 5.41) is 11.5. The smallest absolute Gasteiger partial charge is 0.297 e. The largest absolute Gasteiger partial charge is 0.493 e. The standard InChI is InChI=1S/C16H17NO7S/c1-10-5-6-16(25(20,21)24-4)12(7-10)11-8-14(22-2)15(23-3)9-13(11)17(18)19/h5-9H,1-4H3. The summed E-state index contributed by atoms with van der Waals surface area (Å²) < 4.78 is 39.3. The zero-order valence-corrected chi connectivity index (χ0v) is 14.9. The highest BCUT2D eigenvalue weighted by atomic mass is 32.2. The second-order valence-corrected chi connectivity index (χ2v) is 6.78. The summed E-state index contributed by atoms with van der Waals surface area (Å²) in [6.45, 7) is 1.75. The van der Waals surface area contributed by atoms with Crippen LogP contribution in [-0.2, 0) is 14.3 Å². The lowest BCUT2D eigenvalue weighted by molar-refractivity contribution is -0.384. The molecule has 0 N–H and O–H groups in total. The molecule has 0 atom stereocenters. The van der Waals surface area contributed by atoms with Crippen LogP contribution >= 0.6 is 0 Å². The van der Waals surface area contributed by atoms with Crippen LogP contribution in [0.3, 0.4) is 0 Å². The average molecular weight is 367 g/mol. The lowest BCUT2D eigenvalue weighted by atomic mass is 10.0. The SMILES string of the molecule is COc1cc(-c2cc(C)ccc2S(=O)(=O)OC)c([N+](=O)[O-])cc1OC. The van der Waals surface area contributed by atoms with Gasteiger partial charge in [-0.15, -0.1) is 0 Å². The molecule has 0 saturated heterocycles. The molecule has 0 aliphatic carbocycles. The molecular weight excluding hydrogens is 350 g/mol. The van der Waals surface area contributed by atoms with Crippen LogP contribution in [0.1, 0.15) is 5.56 Å². The molecule has 0 aromatic heterocycles. The first-order valence-electron chi connectivity index (χ1n) is 7.07. The third-order valence-corrected chi connectivity index (χ3v) is 4.95. The highest BCUT2D eigenvalue weighted by Crippen LogP contribution is 2.42. The van der Waals surface area contributed by atoms with Gasteiger partial charge in [0.05, 0.1) is 37.9 Å². The Hall–Kier alpha value is -2.65. The Morgan fingerprint density at radius 2 is 1.56 bits per heavy atom.